The van der Waals surface area contributed by atoms with Crippen molar-refractivity contribution in [2.24, 2.45) is 17.6 Å². The van der Waals surface area contributed by atoms with E-state index in [0.717, 1.165) is 12.0 Å². The highest BCUT2D eigenvalue weighted by molar-refractivity contribution is 7.89. The number of benzene rings is 1. The lowest BCUT2D eigenvalue weighted by Gasteiger charge is -2.35. The lowest BCUT2D eigenvalue weighted by molar-refractivity contribution is -0.128. The molecular weight excluding hydrogens is 362 g/mol. The summed E-state index contributed by atoms with van der Waals surface area (Å²) in [7, 11) is -3.50. The molecule has 0 bridgehead atoms. The third-order valence-electron chi connectivity index (χ3n) is 5.22. The van der Waals surface area contributed by atoms with E-state index in [1.807, 2.05) is 13.8 Å². The van der Waals surface area contributed by atoms with Crippen molar-refractivity contribution in [2.45, 2.75) is 57.4 Å². The molecule has 1 amide bonds. The molecule has 6 nitrogen and oxygen atoms in total. The van der Waals surface area contributed by atoms with Crippen molar-refractivity contribution < 1.29 is 13.2 Å². The summed E-state index contributed by atoms with van der Waals surface area (Å²) < 4.78 is 27.0. The Morgan fingerprint density at radius 1 is 1.26 bits per heavy atom. The summed E-state index contributed by atoms with van der Waals surface area (Å²) in [6.07, 6.45) is 1.87. The van der Waals surface area contributed by atoms with Crippen LogP contribution in [-0.2, 0) is 14.8 Å². The second-order valence-electron chi connectivity index (χ2n) is 8.34. The summed E-state index contributed by atoms with van der Waals surface area (Å²) in [5.74, 6) is 0.240. The minimum atomic E-state index is -3.50. The van der Waals surface area contributed by atoms with Gasteiger partial charge in [0, 0.05) is 31.1 Å². The molecule has 1 heterocycles. The number of nitrogens with two attached hydrogens (primary N) is 1. The van der Waals surface area contributed by atoms with Gasteiger partial charge in [0.2, 0.25) is 15.9 Å². The number of nitrogens with one attached hydrogen (secondary N) is 1. The summed E-state index contributed by atoms with van der Waals surface area (Å²) in [4.78, 5) is 13.0. The summed E-state index contributed by atoms with van der Waals surface area (Å²) >= 11 is 0. The van der Waals surface area contributed by atoms with Gasteiger partial charge >= 0.3 is 0 Å². The van der Waals surface area contributed by atoms with Gasteiger partial charge in [0.15, 0.2) is 0 Å². The predicted octanol–water partition coefficient (Wildman–Crippen LogP) is 2.28. The second-order valence-corrected chi connectivity index (χ2v) is 10.3. The molecule has 1 fully saturated rings. The average molecular weight is 396 g/mol. The number of carbonyl (C=O) groups excluding carboxylic acids is 1. The van der Waals surface area contributed by atoms with E-state index in [4.69, 9.17) is 5.73 Å². The standard InChI is InChI=1S/C20H33N3O3S/c1-15(2)13-20(4,14-21)22-19(24)17-9-11-23(12-10-17)27(25,26)18-7-5-16(3)6-8-18/h5-8,15,17H,9-14,21H2,1-4H3,(H,22,24). The van der Waals surface area contributed by atoms with Gasteiger partial charge in [0.05, 0.1) is 4.90 Å². The van der Waals surface area contributed by atoms with Gasteiger partial charge in [0.25, 0.3) is 0 Å². The smallest absolute Gasteiger partial charge is 0.243 e. The highest BCUT2D eigenvalue weighted by Crippen LogP contribution is 2.25. The van der Waals surface area contributed by atoms with Crippen LogP contribution in [0.4, 0.5) is 0 Å². The Morgan fingerprint density at radius 2 is 1.81 bits per heavy atom. The Bertz CT molecular complexity index is 738. The summed E-state index contributed by atoms with van der Waals surface area (Å²) in [6.45, 7) is 9.22. The number of nitrogens with zero attached hydrogens (tertiary/aromatic N) is 1. The zero-order valence-corrected chi connectivity index (χ0v) is 17.7. The molecule has 0 saturated carbocycles. The Kier molecular flexibility index (Phi) is 7.05. The SMILES string of the molecule is Cc1ccc(S(=O)(=O)N2CCC(C(=O)NC(C)(CN)CC(C)C)CC2)cc1. The van der Waals surface area contributed by atoms with Crippen LogP contribution in [0.1, 0.15) is 45.6 Å². The maximum atomic E-state index is 12.8. The van der Waals surface area contributed by atoms with Gasteiger partial charge in [-0.3, -0.25) is 4.79 Å². The lowest BCUT2D eigenvalue weighted by Crippen LogP contribution is -2.54. The fourth-order valence-corrected chi connectivity index (χ4v) is 5.17. The van der Waals surface area contributed by atoms with E-state index < -0.39 is 15.6 Å². The minimum Gasteiger partial charge on any atom is -0.349 e. The van der Waals surface area contributed by atoms with Crippen LogP contribution in [0.15, 0.2) is 29.2 Å². The lowest BCUT2D eigenvalue weighted by atomic mass is 9.89. The molecule has 0 aliphatic carbocycles. The maximum Gasteiger partial charge on any atom is 0.243 e. The predicted molar refractivity (Wildman–Crippen MR) is 108 cm³/mol. The number of hydrogen-bond donors (Lipinski definition) is 2. The Hall–Kier alpha value is -1.44. The van der Waals surface area contributed by atoms with Crippen LogP contribution >= 0.6 is 0 Å². The summed E-state index contributed by atoms with van der Waals surface area (Å²) in [5, 5.41) is 3.10. The normalized spacial score (nSPS) is 19.0. The van der Waals surface area contributed by atoms with Gasteiger partial charge in [-0.05, 0) is 51.2 Å². The van der Waals surface area contributed by atoms with Crippen molar-refractivity contribution in [3.63, 3.8) is 0 Å². The molecule has 1 aliphatic rings. The molecule has 7 heteroatoms. The molecule has 3 N–H and O–H groups in total. The van der Waals surface area contributed by atoms with E-state index in [1.165, 1.54) is 4.31 Å². The molecular formula is C20H33N3O3S. The van der Waals surface area contributed by atoms with E-state index in [-0.39, 0.29) is 11.8 Å². The molecule has 1 atom stereocenters. The second kappa shape index (κ2) is 8.71. The number of carbonyl (C=O) groups is 1. The van der Waals surface area contributed by atoms with Crippen LogP contribution in [0.3, 0.4) is 0 Å². The number of hydrogen-bond acceptors (Lipinski definition) is 4. The van der Waals surface area contributed by atoms with Crippen molar-refractivity contribution in [1.29, 1.82) is 0 Å². The fraction of sp³-hybridized carbons (Fsp3) is 0.650. The van der Waals surface area contributed by atoms with E-state index in [9.17, 15) is 13.2 Å². The van der Waals surface area contributed by atoms with Crippen molar-refractivity contribution in [2.75, 3.05) is 19.6 Å². The number of aryl methyl sites for hydroxylation is 1. The molecule has 0 aromatic heterocycles. The molecule has 1 saturated heterocycles. The van der Waals surface area contributed by atoms with Crippen LogP contribution in [-0.4, -0.2) is 43.8 Å². The summed E-state index contributed by atoms with van der Waals surface area (Å²) in [5.41, 5.74) is 6.49. The quantitative estimate of drug-likeness (QED) is 0.741. The number of amides is 1. The molecule has 0 spiro atoms. The van der Waals surface area contributed by atoms with E-state index in [1.54, 1.807) is 24.3 Å². The third kappa shape index (κ3) is 5.53. The maximum absolute atomic E-state index is 12.8. The zero-order valence-electron chi connectivity index (χ0n) is 16.9. The van der Waals surface area contributed by atoms with Crippen molar-refractivity contribution in [3.05, 3.63) is 29.8 Å². The van der Waals surface area contributed by atoms with Crippen LogP contribution in [0.5, 0.6) is 0 Å². The van der Waals surface area contributed by atoms with Crippen LogP contribution in [0.25, 0.3) is 0 Å². The van der Waals surface area contributed by atoms with E-state index >= 15 is 0 Å². The van der Waals surface area contributed by atoms with Gasteiger partial charge < -0.3 is 11.1 Å². The van der Waals surface area contributed by atoms with Crippen molar-refractivity contribution in [1.82, 2.24) is 9.62 Å². The first kappa shape index (κ1) is 21.9. The number of sulfonamides is 1. The fourth-order valence-electron chi connectivity index (χ4n) is 3.70. The largest absolute Gasteiger partial charge is 0.349 e. The zero-order chi connectivity index (χ0) is 20.2. The first-order chi connectivity index (χ1) is 12.6. The molecule has 27 heavy (non-hydrogen) atoms. The Morgan fingerprint density at radius 3 is 2.30 bits per heavy atom. The first-order valence-electron chi connectivity index (χ1n) is 9.66. The minimum absolute atomic E-state index is 0.0176. The van der Waals surface area contributed by atoms with Gasteiger partial charge in [-0.15, -0.1) is 0 Å². The van der Waals surface area contributed by atoms with E-state index in [0.29, 0.717) is 43.3 Å². The van der Waals surface area contributed by atoms with Gasteiger partial charge in [0.1, 0.15) is 0 Å². The first-order valence-corrected chi connectivity index (χ1v) is 11.1. The third-order valence-corrected chi connectivity index (χ3v) is 7.13. The molecule has 1 aromatic carbocycles. The molecule has 0 radical (unpaired) electrons. The van der Waals surface area contributed by atoms with Gasteiger partial charge in [-0.25, -0.2) is 8.42 Å². The Balaban J connectivity index is 1.98. The number of rotatable bonds is 7. The topological polar surface area (TPSA) is 92.5 Å². The van der Waals surface area contributed by atoms with Crippen LogP contribution < -0.4 is 11.1 Å². The molecule has 1 aromatic rings. The highest BCUT2D eigenvalue weighted by atomic mass is 32.2. The van der Waals surface area contributed by atoms with Gasteiger partial charge in [-0.2, -0.15) is 4.31 Å². The van der Waals surface area contributed by atoms with Crippen molar-refractivity contribution in [3.8, 4) is 0 Å². The summed E-state index contributed by atoms with van der Waals surface area (Å²) in [6, 6.07) is 6.88. The molecule has 2 rings (SSSR count). The van der Waals surface area contributed by atoms with Gasteiger partial charge in [-0.1, -0.05) is 31.5 Å². The molecule has 1 unspecified atom stereocenters. The van der Waals surface area contributed by atoms with Crippen LogP contribution in [0, 0.1) is 18.8 Å². The van der Waals surface area contributed by atoms with E-state index in [2.05, 4.69) is 19.2 Å². The molecule has 1 aliphatic heterocycles. The average Bonchev–Trinajstić information content (AvgIpc) is 2.61. The monoisotopic (exact) mass is 395 g/mol. The Labute approximate surface area is 163 Å². The highest BCUT2D eigenvalue weighted by Gasteiger charge is 2.34. The number of piperidine rings is 1. The molecule has 152 valence electrons. The van der Waals surface area contributed by atoms with Crippen molar-refractivity contribution >= 4 is 15.9 Å². The van der Waals surface area contributed by atoms with Crippen LogP contribution in [0.2, 0.25) is 0 Å².